The summed E-state index contributed by atoms with van der Waals surface area (Å²) in [5.41, 5.74) is 0.872. The van der Waals surface area contributed by atoms with Crippen molar-refractivity contribution in [3.63, 3.8) is 0 Å². The van der Waals surface area contributed by atoms with Crippen LogP contribution in [-0.4, -0.2) is 36.4 Å². The van der Waals surface area contributed by atoms with Gasteiger partial charge in [0, 0.05) is 19.6 Å². The molecule has 4 nitrogen and oxygen atoms in total. The third-order valence-corrected chi connectivity index (χ3v) is 1.92. The van der Waals surface area contributed by atoms with Gasteiger partial charge in [0.1, 0.15) is 12.0 Å². The molecule has 0 amide bonds. The Morgan fingerprint density at radius 3 is 3.00 bits per heavy atom. The van der Waals surface area contributed by atoms with Crippen LogP contribution < -0.4 is 0 Å². The first-order chi connectivity index (χ1) is 5.95. The van der Waals surface area contributed by atoms with Crippen LogP contribution in [0.2, 0.25) is 0 Å². The second-order valence-corrected chi connectivity index (χ2v) is 2.79. The Bertz CT molecular complexity index is 217. The van der Waals surface area contributed by atoms with Crippen LogP contribution in [-0.2, 0) is 11.3 Å². The van der Waals surface area contributed by atoms with Crippen LogP contribution in [0.25, 0.3) is 0 Å². The van der Waals surface area contributed by atoms with Crippen molar-refractivity contribution in [2.24, 2.45) is 0 Å². The lowest BCUT2D eigenvalue weighted by Crippen LogP contribution is -2.35. The standard InChI is InChI=1S/C8H11N2O2/c1-4-12-9-8(1)7-10-2-5-11-6-3-10/h4H,2-3,5-7H2. The van der Waals surface area contributed by atoms with E-state index in [1.807, 2.05) is 0 Å². The molecule has 4 heteroatoms. The molecule has 65 valence electrons. The Balaban J connectivity index is 1.86. The van der Waals surface area contributed by atoms with Gasteiger partial charge in [-0.15, -0.1) is 0 Å². The molecule has 1 aliphatic heterocycles. The van der Waals surface area contributed by atoms with E-state index < -0.39 is 0 Å². The second kappa shape index (κ2) is 3.69. The molecular weight excluding hydrogens is 156 g/mol. The fourth-order valence-corrected chi connectivity index (χ4v) is 1.26. The summed E-state index contributed by atoms with van der Waals surface area (Å²) in [6, 6.07) is 2.92. The van der Waals surface area contributed by atoms with Crippen LogP contribution in [0.4, 0.5) is 0 Å². The van der Waals surface area contributed by atoms with Gasteiger partial charge in [0.25, 0.3) is 0 Å². The summed E-state index contributed by atoms with van der Waals surface area (Å²) in [7, 11) is 0. The Kier molecular flexibility index (Phi) is 2.39. The average molecular weight is 167 g/mol. The fourth-order valence-electron chi connectivity index (χ4n) is 1.26. The minimum atomic E-state index is 0.817. The van der Waals surface area contributed by atoms with Crippen molar-refractivity contribution < 1.29 is 9.26 Å². The van der Waals surface area contributed by atoms with E-state index in [0.29, 0.717) is 0 Å². The lowest BCUT2D eigenvalue weighted by atomic mass is 10.3. The first-order valence-electron chi connectivity index (χ1n) is 4.06. The van der Waals surface area contributed by atoms with Crippen molar-refractivity contribution in [1.29, 1.82) is 0 Å². The molecule has 0 unspecified atom stereocenters. The van der Waals surface area contributed by atoms with Gasteiger partial charge < -0.3 is 9.26 Å². The van der Waals surface area contributed by atoms with Crippen LogP contribution in [0.3, 0.4) is 0 Å². The van der Waals surface area contributed by atoms with Gasteiger partial charge in [0.05, 0.1) is 19.3 Å². The van der Waals surface area contributed by atoms with Crippen molar-refractivity contribution in [2.75, 3.05) is 26.3 Å². The molecule has 12 heavy (non-hydrogen) atoms. The van der Waals surface area contributed by atoms with E-state index in [2.05, 4.69) is 16.1 Å². The van der Waals surface area contributed by atoms with E-state index in [4.69, 9.17) is 9.26 Å². The highest BCUT2D eigenvalue weighted by molar-refractivity contribution is 4.92. The molecule has 0 atom stereocenters. The van der Waals surface area contributed by atoms with Crippen LogP contribution in [0, 0.1) is 6.07 Å². The molecule has 0 aliphatic carbocycles. The van der Waals surface area contributed by atoms with Crippen molar-refractivity contribution in [1.82, 2.24) is 10.1 Å². The summed E-state index contributed by atoms with van der Waals surface area (Å²) in [6.45, 7) is 4.40. The molecule has 1 radical (unpaired) electrons. The third-order valence-electron chi connectivity index (χ3n) is 1.92. The third kappa shape index (κ3) is 1.84. The topological polar surface area (TPSA) is 38.5 Å². The molecule has 0 bridgehead atoms. The zero-order valence-corrected chi connectivity index (χ0v) is 6.82. The van der Waals surface area contributed by atoms with Gasteiger partial charge in [-0.3, -0.25) is 4.90 Å². The zero-order chi connectivity index (χ0) is 8.23. The fraction of sp³-hybridized carbons (Fsp3) is 0.625. The molecule has 0 spiro atoms. The van der Waals surface area contributed by atoms with Crippen LogP contribution in [0.5, 0.6) is 0 Å². The molecule has 2 rings (SSSR count). The van der Waals surface area contributed by atoms with Gasteiger partial charge in [0.15, 0.2) is 0 Å². The average Bonchev–Trinajstić information content (AvgIpc) is 2.59. The number of aromatic nitrogens is 1. The van der Waals surface area contributed by atoms with E-state index in [0.717, 1.165) is 38.5 Å². The number of rotatable bonds is 2. The summed E-state index contributed by atoms with van der Waals surface area (Å²) < 4.78 is 9.92. The Morgan fingerprint density at radius 1 is 1.50 bits per heavy atom. The maximum atomic E-state index is 5.22. The van der Waals surface area contributed by atoms with E-state index in [9.17, 15) is 0 Å². The van der Waals surface area contributed by atoms with E-state index >= 15 is 0 Å². The molecule has 1 aromatic rings. The number of morpholine rings is 1. The van der Waals surface area contributed by atoms with E-state index in [1.54, 1.807) is 0 Å². The molecule has 2 heterocycles. The van der Waals surface area contributed by atoms with Crippen LogP contribution >= 0.6 is 0 Å². The maximum absolute atomic E-state index is 5.22. The minimum Gasteiger partial charge on any atom is -0.379 e. The Hall–Kier alpha value is -0.870. The van der Waals surface area contributed by atoms with E-state index in [-0.39, 0.29) is 0 Å². The van der Waals surface area contributed by atoms with Gasteiger partial charge in [0.2, 0.25) is 0 Å². The normalized spacial score (nSPS) is 19.7. The predicted octanol–water partition coefficient (Wildman–Crippen LogP) is 0.307. The predicted molar refractivity (Wildman–Crippen MR) is 41.4 cm³/mol. The summed E-state index contributed by atoms with van der Waals surface area (Å²) in [6.07, 6.45) is 1.48. The molecule has 1 saturated heterocycles. The quantitative estimate of drug-likeness (QED) is 0.635. The first kappa shape index (κ1) is 7.76. The second-order valence-electron chi connectivity index (χ2n) is 2.79. The summed E-state index contributed by atoms with van der Waals surface area (Å²) in [5, 5.41) is 3.80. The molecule has 1 fully saturated rings. The van der Waals surface area contributed by atoms with Gasteiger partial charge >= 0.3 is 0 Å². The molecule has 0 aromatic carbocycles. The monoisotopic (exact) mass is 167 g/mol. The number of hydrogen-bond acceptors (Lipinski definition) is 4. The minimum absolute atomic E-state index is 0.817. The summed E-state index contributed by atoms with van der Waals surface area (Å²) in [4.78, 5) is 2.28. The maximum Gasteiger partial charge on any atom is 0.132 e. The molecular formula is C8H11N2O2. The van der Waals surface area contributed by atoms with Gasteiger partial charge in [-0.2, -0.15) is 0 Å². The summed E-state index contributed by atoms with van der Waals surface area (Å²) >= 11 is 0. The highest BCUT2D eigenvalue weighted by atomic mass is 16.5. The van der Waals surface area contributed by atoms with Crippen LogP contribution in [0.15, 0.2) is 10.8 Å². The lowest BCUT2D eigenvalue weighted by Gasteiger charge is -2.25. The number of nitrogens with zero attached hydrogens (tertiary/aromatic N) is 2. The highest BCUT2D eigenvalue weighted by Gasteiger charge is 2.11. The van der Waals surface area contributed by atoms with Crippen molar-refractivity contribution in [2.45, 2.75) is 6.54 Å². The van der Waals surface area contributed by atoms with E-state index in [1.165, 1.54) is 6.26 Å². The Morgan fingerprint density at radius 2 is 2.33 bits per heavy atom. The number of ether oxygens (including phenoxy) is 1. The highest BCUT2D eigenvalue weighted by Crippen LogP contribution is 2.03. The molecule has 1 aliphatic rings. The summed E-state index contributed by atoms with van der Waals surface area (Å²) in [5.74, 6) is 0. The smallest absolute Gasteiger partial charge is 0.132 e. The number of hydrogen-bond donors (Lipinski definition) is 0. The largest absolute Gasteiger partial charge is 0.379 e. The van der Waals surface area contributed by atoms with Gasteiger partial charge in [-0.1, -0.05) is 5.16 Å². The van der Waals surface area contributed by atoms with Crippen molar-refractivity contribution in [3.05, 3.63) is 18.0 Å². The van der Waals surface area contributed by atoms with Gasteiger partial charge in [-0.25, -0.2) is 0 Å². The Labute approximate surface area is 71.1 Å². The van der Waals surface area contributed by atoms with Crippen molar-refractivity contribution >= 4 is 0 Å². The SMILES string of the molecule is [c]1conc1CN1CCOCC1. The molecule has 0 N–H and O–H groups in total. The zero-order valence-electron chi connectivity index (χ0n) is 6.82. The van der Waals surface area contributed by atoms with Gasteiger partial charge in [-0.05, 0) is 0 Å². The lowest BCUT2D eigenvalue weighted by molar-refractivity contribution is 0.0332. The first-order valence-corrected chi connectivity index (χ1v) is 4.06. The molecule has 1 aromatic heterocycles. The van der Waals surface area contributed by atoms with Crippen LogP contribution in [0.1, 0.15) is 5.69 Å². The molecule has 0 saturated carbocycles. The van der Waals surface area contributed by atoms with Crippen molar-refractivity contribution in [3.8, 4) is 0 Å².